The number of hydrogen-bond acceptors (Lipinski definition) is 3. The summed E-state index contributed by atoms with van der Waals surface area (Å²) in [7, 11) is 0. The first-order chi connectivity index (χ1) is 10.2. The normalized spacial score (nSPS) is 12.5. The molecule has 0 radical (unpaired) electrons. The van der Waals surface area contributed by atoms with Gasteiger partial charge in [-0.25, -0.2) is 0 Å². The van der Waals surface area contributed by atoms with Crippen LogP contribution >= 0.6 is 0 Å². The van der Waals surface area contributed by atoms with Crippen molar-refractivity contribution in [3.05, 3.63) is 29.8 Å². The van der Waals surface area contributed by atoms with E-state index in [1.807, 2.05) is 24.3 Å². The van der Waals surface area contributed by atoms with E-state index in [-0.39, 0.29) is 6.10 Å². The summed E-state index contributed by atoms with van der Waals surface area (Å²) in [5.74, 6) is 0. The number of nitrogens with two attached hydrogens (primary N) is 1. The van der Waals surface area contributed by atoms with E-state index >= 15 is 0 Å². The summed E-state index contributed by atoms with van der Waals surface area (Å²) in [4.78, 5) is 0. The van der Waals surface area contributed by atoms with Gasteiger partial charge in [0.2, 0.25) is 0 Å². The minimum Gasteiger partial charge on any atom is -0.399 e. The molecule has 3 heteroatoms. The van der Waals surface area contributed by atoms with Gasteiger partial charge in [-0.1, -0.05) is 64.0 Å². The Balaban J connectivity index is 1.96. The van der Waals surface area contributed by atoms with Crippen LogP contribution < -0.4 is 11.1 Å². The third kappa shape index (κ3) is 9.48. The largest absolute Gasteiger partial charge is 0.399 e. The first kappa shape index (κ1) is 18.0. The first-order valence-electron chi connectivity index (χ1n) is 8.45. The maximum atomic E-state index is 9.93. The van der Waals surface area contributed by atoms with E-state index < -0.39 is 0 Å². The minimum atomic E-state index is -0.227. The summed E-state index contributed by atoms with van der Waals surface area (Å²) < 4.78 is 0. The van der Waals surface area contributed by atoms with E-state index in [4.69, 9.17) is 5.73 Å². The van der Waals surface area contributed by atoms with Crippen LogP contribution in [0.25, 0.3) is 0 Å². The van der Waals surface area contributed by atoms with Gasteiger partial charge in [0.15, 0.2) is 0 Å². The van der Waals surface area contributed by atoms with Crippen LogP contribution in [0.4, 0.5) is 5.69 Å². The average molecular weight is 292 g/mol. The van der Waals surface area contributed by atoms with Crippen LogP contribution in [0.1, 0.15) is 63.9 Å². The van der Waals surface area contributed by atoms with Crippen molar-refractivity contribution in [1.29, 1.82) is 0 Å². The van der Waals surface area contributed by atoms with Crippen molar-refractivity contribution >= 4 is 5.69 Å². The molecule has 0 aliphatic heterocycles. The molecule has 0 spiro atoms. The number of aliphatic hydroxyl groups excluding tert-OH is 1. The lowest BCUT2D eigenvalue weighted by atomic mass is 10.1. The van der Waals surface area contributed by atoms with Gasteiger partial charge in [0.1, 0.15) is 0 Å². The van der Waals surface area contributed by atoms with Crippen molar-refractivity contribution in [2.45, 2.75) is 70.9 Å². The molecule has 0 heterocycles. The second-order valence-electron chi connectivity index (χ2n) is 5.94. The van der Waals surface area contributed by atoms with E-state index in [0.29, 0.717) is 6.54 Å². The lowest BCUT2D eigenvalue weighted by molar-refractivity contribution is 0.157. The van der Waals surface area contributed by atoms with Gasteiger partial charge in [-0.15, -0.1) is 0 Å². The molecular weight excluding hydrogens is 260 g/mol. The molecule has 0 saturated carbocycles. The van der Waals surface area contributed by atoms with Crippen molar-refractivity contribution in [3.63, 3.8) is 0 Å². The highest BCUT2D eigenvalue weighted by molar-refractivity contribution is 5.39. The number of aliphatic hydroxyl groups is 1. The molecule has 120 valence electrons. The van der Waals surface area contributed by atoms with Crippen LogP contribution in [0.3, 0.4) is 0 Å². The molecule has 0 bridgehead atoms. The van der Waals surface area contributed by atoms with E-state index in [2.05, 4.69) is 12.2 Å². The highest BCUT2D eigenvalue weighted by Crippen LogP contribution is 2.10. The third-order valence-electron chi connectivity index (χ3n) is 3.83. The molecule has 1 aromatic rings. The van der Waals surface area contributed by atoms with Crippen LogP contribution in [0.2, 0.25) is 0 Å². The number of nitrogens with one attached hydrogen (secondary N) is 1. The molecule has 1 unspecified atom stereocenters. The van der Waals surface area contributed by atoms with Crippen molar-refractivity contribution in [2.75, 3.05) is 12.3 Å². The zero-order chi connectivity index (χ0) is 15.3. The third-order valence-corrected chi connectivity index (χ3v) is 3.83. The maximum absolute atomic E-state index is 9.93. The minimum absolute atomic E-state index is 0.227. The quantitative estimate of drug-likeness (QED) is 0.405. The van der Waals surface area contributed by atoms with Crippen molar-refractivity contribution in [1.82, 2.24) is 5.32 Å². The second-order valence-corrected chi connectivity index (χ2v) is 5.94. The molecule has 21 heavy (non-hydrogen) atoms. The SMILES string of the molecule is CCCCCCCCCC(O)CNCc1ccc(N)cc1. The Kier molecular flexibility index (Phi) is 9.92. The highest BCUT2D eigenvalue weighted by atomic mass is 16.3. The van der Waals surface area contributed by atoms with Gasteiger partial charge in [-0.05, 0) is 24.1 Å². The van der Waals surface area contributed by atoms with Crippen LogP contribution in [-0.4, -0.2) is 17.8 Å². The van der Waals surface area contributed by atoms with Crippen LogP contribution in [0.15, 0.2) is 24.3 Å². The van der Waals surface area contributed by atoms with Gasteiger partial charge in [-0.3, -0.25) is 0 Å². The lowest BCUT2D eigenvalue weighted by Gasteiger charge is -2.12. The number of hydrogen-bond donors (Lipinski definition) is 3. The van der Waals surface area contributed by atoms with Gasteiger partial charge in [0, 0.05) is 18.8 Å². The van der Waals surface area contributed by atoms with Gasteiger partial charge in [0.25, 0.3) is 0 Å². The Bertz CT molecular complexity index is 351. The van der Waals surface area contributed by atoms with Gasteiger partial charge in [0.05, 0.1) is 6.10 Å². The molecule has 1 rings (SSSR count). The average Bonchev–Trinajstić information content (AvgIpc) is 2.48. The molecule has 1 aromatic carbocycles. The molecule has 4 N–H and O–H groups in total. The van der Waals surface area contributed by atoms with Gasteiger partial charge < -0.3 is 16.2 Å². The standard InChI is InChI=1S/C18H32N2O/c1-2-3-4-5-6-7-8-9-18(21)15-20-14-16-10-12-17(19)13-11-16/h10-13,18,20-21H,2-9,14-15,19H2,1H3. The highest BCUT2D eigenvalue weighted by Gasteiger charge is 2.03. The number of rotatable bonds is 12. The fourth-order valence-electron chi connectivity index (χ4n) is 2.46. The summed E-state index contributed by atoms with van der Waals surface area (Å²) in [6, 6.07) is 7.86. The molecule has 0 amide bonds. The molecule has 0 aliphatic rings. The second kappa shape index (κ2) is 11.6. The topological polar surface area (TPSA) is 58.3 Å². The number of nitrogen functional groups attached to an aromatic ring is 1. The van der Waals surface area contributed by atoms with Gasteiger partial charge in [-0.2, -0.15) is 0 Å². The smallest absolute Gasteiger partial charge is 0.0664 e. The number of benzene rings is 1. The molecule has 0 aromatic heterocycles. The lowest BCUT2D eigenvalue weighted by Crippen LogP contribution is -2.26. The first-order valence-corrected chi connectivity index (χ1v) is 8.45. The summed E-state index contributed by atoms with van der Waals surface area (Å²) in [6.07, 6.45) is 9.75. The summed E-state index contributed by atoms with van der Waals surface area (Å²) in [6.45, 7) is 3.70. The molecule has 3 nitrogen and oxygen atoms in total. The van der Waals surface area contributed by atoms with E-state index in [0.717, 1.165) is 25.1 Å². The monoisotopic (exact) mass is 292 g/mol. The van der Waals surface area contributed by atoms with Crippen molar-refractivity contribution < 1.29 is 5.11 Å². The molecule has 0 saturated heterocycles. The van der Waals surface area contributed by atoms with E-state index in [1.54, 1.807) is 0 Å². The summed E-state index contributed by atoms with van der Waals surface area (Å²) in [5, 5.41) is 13.2. The van der Waals surface area contributed by atoms with Crippen molar-refractivity contribution in [2.24, 2.45) is 0 Å². The fourth-order valence-corrected chi connectivity index (χ4v) is 2.46. The Morgan fingerprint density at radius 1 is 1.00 bits per heavy atom. The van der Waals surface area contributed by atoms with Gasteiger partial charge >= 0.3 is 0 Å². The predicted molar refractivity (Wildman–Crippen MR) is 91.2 cm³/mol. The zero-order valence-electron chi connectivity index (χ0n) is 13.5. The Morgan fingerprint density at radius 3 is 2.29 bits per heavy atom. The summed E-state index contributed by atoms with van der Waals surface area (Å²) in [5.41, 5.74) is 7.64. The van der Waals surface area contributed by atoms with Crippen LogP contribution in [-0.2, 0) is 6.54 Å². The van der Waals surface area contributed by atoms with Crippen LogP contribution in [0, 0.1) is 0 Å². The van der Waals surface area contributed by atoms with Crippen molar-refractivity contribution in [3.8, 4) is 0 Å². The number of anilines is 1. The van der Waals surface area contributed by atoms with E-state index in [1.165, 1.54) is 44.1 Å². The number of unbranched alkanes of at least 4 members (excludes halogenated alkanes) is 6. The van der Waals surface area contributed by atoms with E-state index in [9.17, 15) is 5.11 Å². The fraction of sp³-hybridized carbons (Fsp3) is 0.667. The molecule has 0 aliphatic carbocycles. The maximum Gasteiger partial charge on any atom is 0.0664 e. The Labute approximate surface area is 129 Å². The zero-order valence-corrected chi connectivity index (χ0v) is 13.5. The molecular formula is C18H32N2O. The molecule has 0 fully saturated rings. The van der Waals surface area contributed by atoms with Crippen LogP contribution in [0.5, 0.6) is 0 Å². The molecule has 1 atom stereocenters. The summed E-state index contributed by atoms with van der Waals surface area (Å²) >= 11 is 0. The Hall–Kier alpha value is -1.06. The Morgan fingerprint density at radius 2 is 1.62 bits per heavy atom. The predicted octanol–water partition coefficient (Wildman–Crippen LogP) is 3.86.